The molecule has 2 N–H and O–H groups in total. The van der Waals surface area contributed by atoms with Gasteiger partial charge in [0.25, 0.3) is 0 Å². The number of alkyl halides is 1. The average molecular weight is 621 g/mol. The van der Waals surface area contributed by atoms with Gasteiger partial charge < -0.3 is 24.8 Å². The van der Waals surface area contributed by atoms with E-state index in [1.54, 1.807) is 24.3 Å². The van der Waals surface area contributed by atoms with Crippen molar-refractivity contribution in [1.82, 2.24) is 25.2 Å². The minimum atomic E-state index is -0.895. The van der Waals surface area contributed by atoms with Gasteiger partial charge in [0.1, 0.15) is 47.5 Å². The Bertz CT molecular complexity index is 1850. The first-order valence-electron chi connectivity index (χ1n) is 15.4. The first-order valence-corrected chi connectivity index (χ1v) is 15.7. The summed E-state index contributed by atoms with van der Waals surface area (Å²) in [5, 5.41) is 16.3. The number of halogens is 3. The van der Waals surface area contributed by atoms with Gasteiger partial charge in [-0.1, -0.05) is 23.7 Å². The SMILES string of the molecule is Oc1cc(-c2nc3c4c(nc(OC[C@@]56CCCN5C[C@H](F)C6)nc4c2F)N2C[C@@H]4CC[C@@H](N4)C2CO3)c2c(Cl)cccc2c1. The van der Waals surface area contributed by atoms with Crippen LogP contribution in [0.4, 0.5) is 14.6 Å². The molecular weight excluding hydrogens is 590 g/mol. The summed E-state index contributed by atoms with van der Waals surface area (Å²) in [7, 11) is 0. The van der Waals surface area contributed by atoms with Crippen LogP contribution in [-0.4, -0.2) is 87.6 Å². The molecule has 0 radical (unpaired) electrons. The first-order chi connectivity index (χ1) is 21.4. The standard InChI is InChI=1S/C32H31ClF2N6O3/c33-21-4-1-3-16-9-19(42)10-20(24(16)21)27-26(35)28-25-29(41-13-18-5-6-22(36-18)23(41)14-43-30(25)37-27)39-31(38-28)44-15-32-7-2-8-40(32)12-17(34)11-32/h1,3-4,9-10,17-18,22-23,36,42H,2,5-8,11-15H2/t17-,18+,22-,23?,32+/m1/s1. The van der Waals surface area contributed by atoms with Gasteiger partial charge in [0.2, 0.25) is 5.88 Å². The topological polar surface area (TPSA) is 95.9 Å². The summed E-state index contributed by atoms with van der Waals surface area (Å²) in [6.07, 6.45) is 3.38. The molecule has 9 rings (SSSR count). The molecule has 4 fully saturated rings. The van der Waals surface area contributed by atoms with Crippen molar-refractivity contribution in [2.75, 3.05) is 37.7 Å². The molecule has 0 spiro atoms. The van der Waals surface area contributed by atoms with Crippen molar-refractivity contribution in [2.24, 2.45) is 0 Å². The minimum Gasteiger partial charge on any atom is -0.508 e. The third-order valence-electron chi connectivity index (χ3n) is 10.3. The van der Waals surface area contributed by atoms with Gasteiger partial charge in [-0.25, -0.2) is 13.8 Å². The Morgan fingerprint density at radius 2 is 2.07 bits per heavy atom. The van der Waals surface area contributed by atoms with Gasteiger partial charge in [0.05, 0.1) is 11.6 Å². The molecule has 44 heavy (non-hydrogen) atoms. The number of aromatic nitrogens is 3. The van der Waals surface area contributed by atoms with Gasteiger partial charge in [-0.3, -0.25) is 4.90 Å². The highest BCUT2D eigenvalue weighted by Crippen LogP contribution is 2.46. The van der Waals surface area contributed by atoms with E-state index in [9.17, 15) is 9.50 Å². The van der Waals surface area contributed by atoms with Crippen LogP contribution in [0.5, 0.6) is 17.6 Å². The predicted octanol–water partition coefficient (Wildman–Crippen LogP) is 5.00. The summed E-state index contributed by atoms with van der Waals surface area (Å²) in [6.45, 7) is 2.49. The second-order valence-corrected chi connectivity index (χ2v) is 13.3. The molecule has 4 saturated heterocycles. The second-order valence-electron chi connectivity index (χ2n) is 12.9. The molecule has 0 aliphatic carbocycles. The van der Waals surface area contributed by atoms with Crippen LogP contribution >= 0.6 is 11.6 Å². The van der Waals surface area contributed by atoms with Crippen molar-refractivity contribution < 1.29 is 23.4 Å². The molecule has 2 bridgehead atoms. The number of hydrogen-bond donors (Lipinski definition) is 2. The van der Waals surface area contributed by atoms with Crippen LogP contribution in [0.1, 0.15) is 32.1 Å². The van der Waals surface area contributed by atoms with Crippen molar-refractivity contribution in [3.63, 3.8) is 0 Å². The monoisotopic (exact) mass is 620 g/mol. The highest BCUT2D eigenvalue weighted by molar-refractivity contribution is 6.36. The summed E-state index contributed by atoms with van der Waals surface area (Å²) in [6, 6.07) is 8.83. The highest BCUT2D eigenvalue weighted by atomic mass is 35.5. The summed E-state index contributed by atoms with van der Waals surface area (Å²) >= 11 is 6.62. The summed E-state index contributed by atoms with van der Waals surface area (Å²) in [5.74, 6) is 0.0313. The summed E-state index contributed by atoms with van der Waals surface area (Å²) < 4.78 is 44.0. The fourth-order valence-corrected chi connectivity index (χ4v) is 8.64. The zero-order valence-corrected chi connectivity index (χ0v) is 24.7. The Kier molecular flexibility index (Phi) is 5.93. The summed E-state index contributed by atoms with van der Waals surface area (Å²) in [5.41, 5.74) is -0.0878. The van der Waals surface area contributed by atoms with Crippen molar-refractivity contribution in [3.05, 3.63) is 41.2 Å². The molecule has 1 unspecified atom stereocenters. The van der Waals surface area contributed by atoms with Crippen LogP contribution in [0, 0.1) is 5.82 Å². The fraction of sp³-hybridized carbons (Fsp3) is 0.469. The molecule has 5 aliphatic heterocycles. The molecule has 2 aromatic carbocycles. The Morgan fingerprint density at radius 1 is 1.16 bits per heavy atom. The van der Waals surface area contributed by atoms with E-state index in [-0.39, 0.29) is 53.6 Å². The van der Waals surface area contributed by atoms with E-state index in [0.717, 1.165) is 32.2 Å². The van der Waals surface area contributed by atoms with Crippen molar-refractivity contribution >= 4 is 39.1 Å². The Balaban J connectivity index is 1.23. The zero-order chi connectivity index (χ0) is 29.7. The Morgan fingerprint density at radius 3 is 2.98 bits per heavy atom. The van der Waals surface area contributed by atoms with Crippen molar-refractivity contribution in [1.29, 1.82) is 0 Å². The molecule has 5 aliphatic rings. The van der Waals surface area contributed by atoms with E-state index in [4.69, 9.17) is 31.0 Å². The molecule has 2 aromatic heterocycles. The number of nitrogens with one attached hydrogen (secondary N) is 1. The number of pyridine rings is 1. The molecule has 12 heteroatoms. The smallest absolute Gasteiger partial charge is 0.319 e. The number of nitrogens with zero attached hydrogens (tertiary/aromatic N) is 5. The van der Waals surface area contributed by atoms with Crippen LogP contribution in [0.3, 0.4) is 0 Å². The second kappa shape index (κ2) is 9.73. The molecule has 228 valence electrons. The van der Waals surface area contributed by atoms with E-state index in [2.05, 4.69) is 20.1 Å². The third kappa shape index (κ3) is 3.98. The lowest BCUT2D eigenvalue weighted by Gasteiger charge is -2.40. The van der Waals surface area contributed by atoms with Gasteiger partial charge in [-0.05, 0) is 55.8 Å². The number of rotatable bonds is 4. The van der Waals surface area contributed by atoms with Gasteiger partial charge >= 0.3 is 6.01 Å². The van der Waals surface area contributed by atoms with Crippen LogP contribution < -0.4 is 19.7 Å². The zero-order valence-electron chi connectivity index (χ0n) is 23.9. The number of phenols is 1. The highest BCUT2D eigenvalue weighted by Gasteiger charge is 2.50. The number of fused-ring (bicyclic) bond motifs is 7. The van der Waals surface area contributed by atoms with Crippen LogP contribution in [0.2, 0.25) is 5.02 Å². The van der Waals surface area contributed by atoms with E-state index < -0.39 is 17.5 Å². The van der Waals surface area contributed by atoms with Crippen LogP contribution in [0.15, 0.2) is 30.3 Å². The first kappa shape index (κ1) is 26.8. The lowest BCUT2D eigenvalue weighted by molar-refractivity contribution is 0.107. The molecule has 0 saturated carbocycles. The Hall–Kier alpha value is -3.54. The minimum absolute atomic E-state index is 0.0237. The maximum atomic E-state index is 16.9. The maximum absolute atomic E-state index is 16.9. The lowest BCUT2D eigenvalue weighted by atomic mass is 9.95. The van der Waals surface area contributed by atoms with Crippen molar-refractivity contribution in [2.45, 2.75) is 61.9 Å². The van der Waals surface area contributed by atoms with Gasteiger partial charge in [0, 0.05) is 47.6 Å². The van der Waals surface area contributed by atoms with Crippen LogP contribution in [0.25, 0.3) is 32.9 Å². The number of benzene rings is 2. The van der Waals surface area contributed by atoms with Crippen LogP contribution in [-0.2, 0) is 0 Å². The average Bonchev–Trinajstić information content (AvgIpc) is 3.64. The lowest BCUT2D eigenvalue weighted by Crippen LogP contribution is -2.60. The van der Waals surface area contributed by atoms with E-state index in [1.165, 1.54) is 6.07 Å². The molecule has 7 heterocycles. The largest absolute Gasteiger partial charge is 0.508 e. The number of aromatic hydroxyl groups is 1. The number of hydrogen-bond acceptors (Lipinski definition) is 9. The number of anilines is 1. The molecule has 4 aromatic rings. The number of phenolic OH excluding ortho intramolecular Hbond substituents is 1. The van der Waals surface area contributed by atoms with E-state index in [0.29, 0.717) is 58.7 Å². The molecule has 0 amide bonds. The number of ether oxygens (including phenoxy) is 2. The quantitative estimate of drug-likeness (QED) is 0.327. The normalized spacial score (nSPS) is 29.1. The molecule has 9 nitrogen and oxygen atoms in total. The number of piperazine rings is 1. The maximum Gasteiger partial charge on any atom is 0.319 e. The van der Waals surface area contributed by atoms with Gasteiger partial charge in [0.15, 0.2) is 5.82 Å². The molecule has 5 atom stereocenters. The molecular formula is C32H31ClF2N6O3. The van der Waals surface area contributed by atoms with Gasteiger partial charge in [-0.15, -0.1) is 0 Å². The Labute approximate surface area is 257 Å². The van der Waals surface area contributed by atoms with Crippen molar-refractivity contribution in [3.8, 4) is 28.9 Å². The fourth-order valence-electron chi connectivity index (χ4n) is 8.36. The predicted molar refractivity (Wildman–Crippen MR) is 162 cm³/mol. The van der Waals surface area contributed by atoms with E-state index >= 15 is 4.39 Å². The van der Waals surface area contributed by atoms with E-state index in [1.807, 2.05) is 0 Å². The van der Waals surface area contributed by atoms with Gasteiger partial charge in [-0.2, -0.15) is 9.97 Å². The third-order valence-corrected chi connectivity index (χ3v) is 10.6. The summed E-state index contributed by atoms with van der Waals surface area (Å²) in [4.78, 5) is 18.6.